The lowest BCUT2D eigenvalue weighted by atomic mass is 9.82. The average Bonchev–Trinajstić information content (AvgIpc) is 3.58. The number of rotatable bonds is 6. The van der Waals surface area contributed by atoms with E-state index in [1.54, 1.807) is 17.0 Å². The zero-order valence-electron chi connectivity index (χ0n) is 22.5. The number of benzene rings is 3. The molecule has 0 spiro atoms. The van der Waals surface area contributed by atoms with Crippen molar-refractivity contribution in [3.63, 3.8) is 0 Å². The Balaban J connectivity index is 1.42. The fourth-order valence-electron chi connectivity index (χ4n) is 7.17. The predicted molar refractivity (Wildman–Crippen MR) is 157 cm³/mol. The van der Waals surface area contributed by atoms with Crippen LogP contribution in [0.4, 0.5) is 31.5 Å². The molecule has 3 aromatic rings. The fourth-order valence-corrected chi connectivity index (χ4v) is 7.54. The van der Waals surface area contributed by atoms with Gasteiger partial charge < -0.3 is 9.80 Å². The van der Waals surface area contributed by atoms with E-state index in [-0.39, 0.29) is 32.8 Å². The first kappa shape index (κ1) is 28.6. The molecule has 3 aromatic carbocycles. The summed E-state index contributed by atoms with van der Waals surface area (Å²) in [6.45, 7) is 1.24. The van der Waals surface area contributed by atoms with Crippen LogP contribution >= 0.6 is 23.2 Å². The minimum Gasteiger partial charge on any atom is -0.366 e. The van der Waals surface area contributed by atoms with Crippen LogP contribution < -0.4 is 9.80 Å². The van der Waals surface area contributed by atoms with Gasteiger partial charge in [0.15, 0.2) is 11.6 Å². The van der Waals surface area contributed by atoms with Gasteiger partial charge in [-0.25, -0.2) is 8.78 Å². The second-order valence-electron chi connectivity index (χ2n) is 11.4. The van der Waals surface area contributed by atoms with Crippen molar-refractivity contribution in [3.05, 3.63) is 102 Å². The van der Waals surface area contributed by atoms with Crippen molar-refractivity contribution in [1.82, 2.24) is 0 Å². The molecule has 2 saturated heterocycles. The summed E-state index contributed by atoms with van der Waals surface area (Å²) in [6.07, 6.45) is 5.37. The van der Waals surface area contributed by atoms with Crippen LogP contribution in [0.1, 0.15) is 61.7 Å². The Morgan fingerprint density at radius 1 is 0.714 bits per heavy atom. The van der Waals surface area contributed by atoms with Crippen molar-refractivity contribution in [2.45, 2.75) is 50.6 Å². The van der Waals surface area contributed by atoms with Crippen LogP contribution in [0.15, 0.2) is 48.5 Å². The molecule has 4 atom stereocenters. The zero-order chi connectivity index (χ0) is 29.7. The minimum atomic E-state index is -0.683. The molecule has 42 heavy (non-hydrogen) atoms. The molecular weight excluding hydrogens is 589 g/mol. The summed E-state index contributed by atoms with van der Waals surface area (Å²) in [5.74, 6) is -0.494. The van der Waals surface area contributed by atoms with Gasteiger partial charge in [0.25, 0.3) is 11.4 Å². The van der Waals surface area contributed by atoms with E-state index in [2.05, 4.69) is 0 Å². The molecule has 3 aliphatic rings. The highest BCUT2D eigenvalue weighted by Gasteiger charge is 2.40. The van der Waals surface area contributed by atoms with E-state index in [0.717, 1.165) is 25.7 Å². The summed E-state index contributed by atoms with van der Waals surface area (Å²) in [5.41, 5.74) is 0.750. The van der Waals surface area contributed by atoms with Crippen molar-refractivity contribution in [3.8, 4) is 0 Å². The van der Waals surface area contributed by atoms with Crippen molar-refractivity contribution in [2.24, 2.45) is 11.8 Å². The second kappa shape index (κ2) is 11.3. The van der Waals surface area contributed by atoms with Gasteiger partial charge in [0.05, 0.1) is 21.9 Å². The SMILES string of the molecule is O=[N+]([O-])c1cc([C@H]2CC[C@H](c3ccc(Cl)c([N+](=O)[O-])c3)N2c2cc(F)c(N3C[C@H]4CCCC[C@H]4C3)c(F)c2)ccc1Cl. The number of nitro groups is 2. The quantitative estimate of drug-likeness (QED) is 0.203. The highest BCUT2D eigenvalue weighted by Crippen LogP contribution is 2.50. The van der Waals surface area contributed by atoms with Gasteiger partial charge in [-0.15, -0.1) is 0 Å². The average molecular weight is 617 g/mol. The normalized spacial score (nSPS) is 23.7. The van der Waals surface area contributed by atoms with Crippen LogP contribution in [-0.2, 0) is 0 Å². The third-order valence-electron chi connectivity index (χ3n) is 9.08. The lowest BCUT2D eigenvalue weighted by Gasteiger charge is -2.34. The van der Waals surface area contributed by atoms with Gasteiger partial charge in [0, 0.05) is 30.9 Å². The molecule has 0 amide bonds. The van der Waals surface area contributed by atoms with Crippen LogP contribution in [0.3, 0.4) is 0 Å². The Morgan fingerprint density at radius 3 is 1.60 bits per heavy atom. The molecule has 0 radical (unpaired) electrons. The minimum absolute atomic E-state index is 0.0224. The van der Waals surface area contributed by atoms with E-state index in [4.69, 9.17) is 23.2 Å². The molecule has 0 aromatic heterocycles. The maximum Gasteiger partial charge on any atom is 0.288 e. The Morgan fingerprint density at radius 2 is 1.17 bits per heavy atom. The first-order valence-electron chi connectivity index (χ1n) is 14.0. The van der Waals surface area contributed by atoms with E-state index >= 15 is 8.78 Å². The van der Waals surface area contributed by atoms with Crippen LogP contribution in [0.25, 0.3) is 0 Å². The van der Waals surface area contributed by atoms with E-state index < -0.39 is 33.6 Å². The molecule has 8 nitrogen and oxygen atoms in total. The van der Waals surface area contributed by atoms with Crippen molar-refractivity contribution >= 4 is 46.0 Å². The van der Waals surface area contributed by atoms with Crippen LogP contribution in [0.5, 0.6) is 0 Å². The van der Waals surface area contributed by atoms with E-state index in [1.165, 1.54) is 36.4 Å². The Labute approximate surface area is 251 Å². The number of hydrogen-bond acceptors (Lipinski definition) is 6. The first-order chi connectivity index (χ1) is 20.1. The monoisotopic (exact) mass is 616 g/mol. The van der Waals surface area contributed by atoms with E-state index in [0.29, 0.717) is 48.9 Å². The second-order valence-corrected chi connectivity index (χ2v) is 12.2. The molecule has 220 valence electrons. The molecule has 0 unspecified atom stereocenters. The van der Waals surface area contributed by atoms with E-state index in [1.807, 2.05) is 4.90 Å². The van der Waals surface area contributed by atoms with Gasteiger partial charge >= 0.3 is 0 Å². The summed E-state index contributed by atoms with van der Waals surface area (Å²) in [6, 6.07) is 10.5. The summed E-state index contributed by atoms with van der Waals surface area (Å²) in [4.78, 5) is 25.7. The number of halogens is 4. The van der Waals surface area contributed by atoms with Crippen LogP contribution in [0.2, 0.25) is 10.0 Å². The molecular formula is C30H28Cl2F2N4O4. The molecule has 0 bridgehead atoms. The van der Waals surface area contributed by atoms with Crippen LogP contribution in [0, 0.1) is 43.7 Å². The lowest BCUT2D eigenvalue weighted by molar-refractivity contribution is -0.384. The van der Waals surface area contributed by atoms with Gasteiger partial charge in [0.2, 0.25) is 0 Å². The smallest absolute Gasteiger partial charge is 0.288 e. The maximum atomic E-state index is 15.9. The van der Waals surface area contributed by atoms with Crippen molar-refractivity contribution in [2.75, 3.05) is 22.9 Å². The third-order valence-corrected chi connectivity index (χ3v) is 9.72. The number of fused-ring (bicyclic) bond motifs is 1. The number of nitrogens with zero attached hydrogens (tertiary/aromatic N) is 4. The highest BCUT2D eigenvalue weighted by atomic mass is 35.5. The van der Waals surface area contributed by atoms with Gasteiger partial charge in [-0.3, -0.25) is 20.2 Å². The molecule has 3 fully saturated rings. The summed E-state index contributed by atoms with van der Waals surface area (Å²) in [7, 11) is 0. The Hall–Kier alpha value is -3.50. The third kappa shape index (κ3) is 5.15. The van der Waals surface area contributed by atoms with Crippen molar-refractivity contribution in [1.29, 1.82) is 0 Å². The summed E-state index contributed by atoms with van der Waals surface area (Å²) >= 11 is 12.1. The van der Waals surface area contributed by atoms with Gasteiger partial charge in [0.1, 0.15) is 15.7 Å². The zero-order valence-corrected chi connectivity index (χ0v) is 24.0. The van der Waals surface area contributed by atoms with Gasteiger partial charge in [-0.05, 0) is 72.9 Å². The maximum absolute atomic E-state index is 15.9. The summed E-state index contributed by atoms with van der Waals surface area (Å²) < 4.78 is 31.8. The molecule has 1 saturated carbocycles. The molecule has 12 heteroatoms. The molecule has 2 heterocycles. The van der Waals surface area contributed by atoms with Gasteiger partial charge in [-0.1, -0.05) is 48.2 Å². The Kier molecular flexibility index (Phi) is 7.70. The first-order valence-corrected chi connectivity index (χ1v) is 14.8. The van der Waals surface area contributed by atoms with E-state index in [9.17, 15) is 20.2 Å². The highest BCUT2D eigenvalue weighted by molar-refractivity contribution is 6.33. The number of anilines is 2. The molecule has 6 rings (SSSR count). The molecule has 2 aliphatic heterocycles. The number of nitro benzene ring substituents is 2. The molecule has 0 N–H and O–H groups in total. The van der Waals surface area contributed by atoms with Gasteiger partial charge in [-0.2, -0.15) is 0 Å². The fraction of sp³-hybridized carbons (Fsp3) is 0.400. The standard InChI is InChI=1S/C30H28Cl2F2N4O4/c31-22-7-5-17(11-28(22)37(39)40)26-9-10-27(18-6-8-23(32)29(12-18)38(41)42)36(26)21-13-24(33)30(25(34)14-21)35-15-19-3-1-2-4-20(19)16-35/h5-8,11-14,19-20,26-27H,1-4,9-10,15-16H2/t19-,20+,26-,27-/m1/s1. The molecule has 1 aliphatic carbocycles. The topological polar surface area (TPSA) is 92.8 Å². The largest absolute Gasteiger partial charge is 0.366 e. The number of hydrogen-bond donors (Lipinski definition) is 0. The Bertz CT molecular complexity index is 1470. The lowest BCUT2D eigenvalue weighted by Crippen LogP contribution is -2.27. The van der Waals surface area contributed by atoms with Crippen molar-refractivity contribution < 1.29 is 18.6 Å². The summed E-state index contributed by atoms with van der Waals surface area (Å²) in [5, 5.41) is 23.2. The van der Waals surface area contributed by atoms with Crippen LogP contribution in [-0.4, -0.2) is 22.9 Å². The predicted octanol–water partition coefficient (Wildman–Crippen LogP) is 8.80.